The molecule has 1 fully saturated rings. The maximum Gasteiger partial charge on any atom is 0.224 e. The van der Waals surface area contributed by atoms with E-state index < -0.39 is 0 Å². The second-order valence-corrected chi connectivity index (χ2v) is 5.87. The third-order valence-corrected chi connectivity index (χ3v) is 3.90. The zero-order valence-corrected chi connectivity index (χ0v) is 13.2. The van der Waals surface area contributed by atoms with Gasteiger partial charge in [-0.3, -0.25) is 4.79 Å². The Kier molecular flexibility index (Phi) is 6.49. The zero-order chi connectivity index (χ0) is 15.1. The summed E-state index contributed by atoms with van der Waals surface area (Å²) in [5.41, 5.74) is 1.25. The van der Waals surface area contributed by atoms with Crippen LogP contribution in [-0.2, 0) is 16.0 Å². The Morgan fingerprint density at radius 1 is 1.33 bits per heavy atom. The van der Waals surface area contributed by atoms with Crippen molar-refractivity contribution in [1.82, 2.24) is 10.2 Å². The van der Waals surface area contributed by atoms with E-state index in [1.54, 1.807) is 0 Å². The SMILES string of the molecule is C[C@@H](Cc1ccc(Cl)cc1)NCCC(=O)N1CCOCC1. The van der Waals surface area contributed by atoms with Gasteiger partial charge in [0.1, 0.15) is 0 Å². The molecule has 21 heavy (non-hydrogen) atoms. The summed E-state index contributed by atoms with van der Waals surface area (Å²) in [4.78, 5) is 13.9. The average Bonchev–Trinajstić information content (AvgIpc) is 2.50. The number of carbonyl (C=O) groups excluding carboxylic acids is 1. The van der Waals surface area contributed by atoms with Crippen LogP contribution in [0.2, 0.25) is 5.02 Å². The number of hydrogen-bond donors (Lipinski definition) is 1. The van der Waals surface area contributed by atoms with Crippen molar-refractivity contribution in [3.05, 3.63) is 34.9 Å². The molecule has 0 radical (unpaired) electrons. The van der Waals surface area contributed by atoms with Gasteiger partial charge in [-0.05, 0) is 31.0 Å². The number of nitrogens with zero attached hydrogens (tertiary/aromatic N) is 1. The first kappa shape index (κ1) is 16.3. The number of ether oxygens (including phenoxy) is 1. The van der Waals surface area contributed by atoms with Crippen LogP contribution in [0.3, 0.4) is 0 Å². The normalized spacial score (nSPS) is 16.8. The summed E-state index contributed by atoms with van der Waals surface area (Å²) in [7, 11) is 0. The van der Waals surface area contributed by atoms with Gasteiger partial charge < -0.3 is 15.0 Å². The number of amides is 1. The summed E-state index contributed by atoms with van der Waals surface area (Å²) in [6, 6.07) is 8.24. The fraction of sp³-hybridized carbons (Fsp3) is 0.562. The summed E-state index contributed by atoms with van der Waals surface area (Å²) in [5, 5.41) is 4.16. The third kappa shape index (κ3) is 5.65. The van der Waals surface area contributed by atoms with Crippen LogP contribution in [0.1, 0.15) is 18.9 Å². The Hall–Kier alpha value is -1.10. The van der Waals surface area contributed by atoms with E-state index in [0.717, 1.165) is 24.5 Å². The minimum atomic E-state index is 0.212. The van der Waals surface area contributed by atoms with E-state index in [1.807, 2.05) is 29.2 Å². The molecule has 0 spiro atoms. The van der Waals surface area contributed by atoms with Gasteiger partial charge in [-0.1, -0.05) is 23.7 Å². The number of benzene rings is 1. The first-order valence-electron chi connectivity index (χ1n) is 7.48. The van der Waals surface area contributed by atoms with E-state index >= 15 is 0 Å². The Morgan fingerprint density at radius 3 is 2.67 bits per heavy atom. The molecule has 0 aliphatic carbocycles. The van der Waals surface area contributed by atoms with Crippen LogP contribution in [0.25, 0.3) is 0 Å². The molecule has 1 atom stereocenters. The quantitative estimate of drug-likeness (QED) is 0.875. The van der Waals surface area contributed by atoms with Crippen LogP contribution in [-0.4, -0.2) is 49.7 Å². The van der Waals surface area contributed by atoms with Crippen LogP contribution in [0.5, 0.6) is 0 Å². The van der Waals surface area contributed by atoms with Crippen molar-refractivity contribution >= 4 is 17.5 Å². The highest BCUT2D eigenvalue weighted by atomic mass is 35.5. The van der Waals surface area contributed by atoms with Gasteiger partial charge in [0, 0.05) is 37.1 Å². The van der Waals surface area contributed by atoms with Crippen molar-refractivity contribution in [3.63, 3.8) is 0 Å². The molecule has 1 aliphatic heterocycles. The number of morpholine rings is 1. The lowest BCUT2D eigenvalue weighted by atomic mass is 10.1. The summed E-state index contributed by atoms with van der Waals surface area (Å²) in [6.07, 6.45) is 1.48. The first-order chi connectivity index (χ1) is 10.1. The van der Waals surface area contributed by atoms with Crippen LogP contribution in [0.4, 0.5) is 0 Å². The van der Waals surface area contributed by atoms with Crippen molar-refractivity contribution in [2.24, 2.45) is 0 Å². The maximum atomic E-state index is 12.0. The fourth-order valence-electron chi connectivity index (χ4n) is 2.44. The van der Waals surface area contributed by atoms with Crippen LogP contribution >= 0.6 is 11.6 Å². The lowest BCUT2D eigenvalue weighted by Crippen LogP contribution is -2.42. The number of carbonyl (C=O) groups is 1. The van der Waals surface area contributed by atoms with E-state index in [2.05, 4.69) is 12.2 Å². The molecule has 1 amide bonds. The molecular weight excluding hydrogens is 288 g/mol. The smallest absolute Gasteiger partial charge is 0.224 e. The standard InChI is InChI=1S/C16H23ClN2O2/c1-13(12-14-2-4-15(17)5-3-14)18-7-6-16(20)19-8-10-21-11-9-19/h2-5,13,18H,6-12H2,1H3/t13-/m0/s1. The van der Waals surface area contributed by atoms with Crippen LogP contribution in [0, 0.1) is 0 Å². The van der Waals surface area contributed by atoms with Crippen molar-refractivity contribution < 1.29 is 9.53 Å². The highest BCUT2D eigenvalue weighted by molar-refractivity contribution is 6.30. The Labute approximate surface area is 131 Å². The molecule has 1 aromatic rings. The molecule has 1 aromatic carbocycles. The van der Waals surface area contributed by atoms with Crippen molar-refractivity contribution in [2.45, 2.75) is 25.8 Å². The van der Waals surface area contributed by atoms with Gasteiger partial charge in [-0.2, -0.15) is 0 Å². The first-order valence-corrected chi connectivity index (χ1v) is 7.86. The molecule has 116 valence electrons. The molecule has 0 bridgehead atoms. The second kappa shape index (κ2) is 8.37. The number of rotatable bonds is 6. The molecule has 0 aromatic heterocycles. The highest BCUT2D eigenvalue weighted by Crippen LogP contribution is 2.11. The van der Waals surface area contributed by atoms with Gasteiger partial charge in [0.15, 0.2) is 0 Å². The number of halogens is 1. The molecule has 1 heterocycles. The Morgan fingerprint density at radius 2 is 2.00 bits per heavy atom. The van der Waals surface area contributed by atoms with Crippen molar-refractivity contribution in [3.8, 4) is 0 Å². The van der Waals surface area contributed by atoms with E-state index in [9.17, 15) is 4.79 Å². The summed E-state index contributed by atoms with van der Waals surface area (Å²) >= 11 is 5.87. The van der Waals surface area contributed by atoms with Gasteiger partial charge in [-0.15, -0.1) is 0 Å². The highest BCUT2D eigenvalue weighted by Gasteiger charge is 2.16. The number of hydrogen-bond acceptors (Lipinski definition) is 3. The van der Waals surface area contributed by atoms with E-state index in [4.69, 9.17) is 16.3 Å². The van der Waals surface area contributed by atoms with Crippen molar-refractivity contribution in [2.75, 3.05) is 32.8 Å². The van der Waals surface area contributed by atoms with Gasteiger partial charge in [0.2, 0.25) is 5.91 Å². The molecule has 1 aliphatic rings. The summed E-state index contributed by atoms with van der Waals surface area (Å²) in [5.74, 6) is 0.212. The van der Waals surface area contributed by atoms with Gasteiger partial charge >= 0.3 is 0 Å². The lowest BCUT2D eigenvalue weighted by molar-refractivity contribution is -0.135. The average molecular weight is 311 g/mol. The van der Waals surface area contributed by atoms with Crippen LogP contribution < -0.4 is 5.32 Å². The Balaban J connectivity index is 1.65. The predicted molar refractivity (Wildman–Crippen MR) is 84.6 cm³/mol. The largest absolute Gasteiger partial charge is 0.378 e. The lowest BCUT2D eigenvalue weighted by Gasteiger charge is -2.27. The minimum Gasteiger partial charge on any atom is -0.378 e. The minimum absolute atomic E-state index is 0.212. The van der Waals surface area contributed by atoms with Gasteiger partial charge in [0.25, 0.3) is 0 Å². The van der Waals surface area contributed by atoms with Crippen LogP contribution in [0.15, 0.2) is 24.3 Å². The van der Waals surface area contributed by atoms with E-state index in [0.29, 0.717) is 32.2 Å². The molecule has 1 N–H and O–H groups in total. The molecule has 4 nitrogen and oxygen atoms in total. The molecule has 0 saturated carbocycles. The second-order valence-electron chi connectivity index (χ2n) is 5.43. The maximum absolute atomic E-state index is 12.0. The van der Waals surface area contributed by atoms with Gasteiger partial charge in [0.05, 0.1) is 13.2 Å². The summed E-state index contributed by atoms with van der Waals surface area (Å²) < 4.78 is 5.25. The fourth-order valence-corrected chi connectivity index (χ4v) is 2.57. The van der Waals surface area contributed by atoms with E-state index in [1.165, 1.54) is 5.56 Å². The molecule has 5 heteroatoms. The Bertz CT molecular complexity index is 444. The monoisotopic (exact) mass is 310 g/mol. The molecular formula is C16H23ClN2O2. The molecule has 2 rings (SSSR count). The molecule has 0 unspecified atom stereocenters. The number of nitrogens with one attached hydrogen (secondary N) is 1. The summed E-state index contributed by atoms with van der Waals surface area (Å²) in [6.45, 7) is 5.61. The third-order valence-electron chi connectivity index (χ3n) is 3.65. The predicted octanol–water partition coefficient (Wildman–Crippen LogP) is 2.11. The van der Waals surface area contributed by atoms with E-state index in [-0.39, 0.29) is 5.91 Å². The topological polar surface area (TPSA) is 41.6 Å². The van der Waals surface area contributed by atoms with Crippen molar-refractivity contribution in [1.29, 1.82) is 0 Å². The van der Waals surface area contributed by atoms with Gasteiger partial charge in [-0.25, -0.2) is 0 Å². The zero-order valence-electron chi connectivity index (χ0n) is 12.5. The molecule has 1 saturated heterocycles.